The predicted octanol–water partition coefficient (Wildman–Crippen LogP) is 4.28. The Morgan fingerprint density at radius 1 is 0.727 bits per heavy atom. The number of amides is 1. The normalized spacial score (nSPS) is 11.3. The summed E-state index contributed by atoms with van der Waals surface area (Å²) in [5.74, 6) is -1.55. The van der Waals surface area contributed by atoms with Crippen LogP contribution in [-0.4, -0.2) is 60.2 Å². The second kappa shape index (κ2) is 23.4. The molecule has 8 heteroatoms. The van der Waals surface area contributed by atoms with Crippen LogP contribution in [0, 0.1) is 0 Å². The molecule has 0 fully saturated rings. The summed E-state index contributed by atoms with van der Waals surface area (Å²) >= 11 is 0. The molecule has 0 bridgehead atoms. The van der Waals surface area contributed by atoms with Crippen LogP contribution >= 0.6 is 0 Å². The predicted molar refractivity (Wildman–Crippen MR) is 128 cm³/mol. The zero-order chi connectivity index (χ0) is 24.6. The van der Waals surface area contributed by atoms with Gasteiger partial charge in [-0.2, -0.15) is 0 Å². The molecule has 192 valence electrons. The van der Waals surface area contributed by atoms with Crippen LogP contribution in [0.3, 0.4) is 0 Å². The first-order valence-electron chi connectivity index (χ1n) is 12.7. The van der Waals surface area contributed by atoms with E-state index in [9.17, 15) is 14.4 Å². The molecule has 8 nitrogen and oxygen atoms in total. The third-order valence-electron chi connectivity index (χ3n) is 5.29. The number of carbonyl (C=O) groups is 3. The Morgan fingerprint density at radius 2 is 1.21 bits per heavy atom. The van der Waals surface area contributed by atoms with Crippen LogP contribution in [0.2, 0.25) is 0 Å². The van der Waals surface area contributed by atoms with Gasteiger partial charge in [0.25, 0.3) is 0 Å². The van der Waals surface area contributed by atoms with Gasteiger partial charge in [0.05, 0.1) is 26.1 Å². The fraction of sp³-hybridized carbons (Fsp3) is 0.840. The van der Waals surface area contributed by atoms with Crippen molar-refractivity contribution in [2.45, 2.75) is 116 Å². The maximum absolute atomic E-state index is 11.7. The fourth-order valence-corrected chi connectivity index (χ4v) is 3.28. The maximum atomic E-state index is 11.7. The molecule has 0 unspecified atom stereocenters. The zero-order valence-electron chi connectivity index (χ0n) is 20.5. The first-order chi connectivity index (χ1) is 16.0. The van der Waals surface area contributed by atoms with Crippen LogP contribution in [-0.2, 0) is 23.9 Å². The van der Waals surface area contributed by atoms with Crippen molar-refractivity contribution in [2.24, 2.45) is 4.99 Å². The summed E-state index contributed by atoms with van der Waals surface area (Å²) in [6.07, 6.45) is 16.5. The lowest BCUT2D eigenvalue weighted by atomic mass is 10.0. The van der Waals surface area contributed by atoms with E-state index in [1.807, 2.05) is 0 Å². The monoisotopic (exact) mass is 471 g/mol. The third-order valence-corrected chi connectivity index (χ3v) is 5.29. The van der Waals surface area contributed by atoms with Crippen molar-refractivity contribution < 1.29 is 34.1 Å². The van der Waals surface area contributed by atoms with E-state index in [1.165, 1.54) is 70.4 Å². The lowest BCUT2D eigenvalue weighted by molar-refractivity contribution is -0.156. The van der Waals surface area contributed by atoms with Gasteiger partial charge in [-0.15, -0.1) is 0 Å². The van der Waals surface area contributed by atoms with Crippen molar-refractivity contribution in [3.63, 3.8) is 0 Å². The number of esters is 2. The molecule has 0 radical (unpaired) electrons. The Labute approximate surface area is 199 Å². The van der Waals surface area contributed by atoms with Crippen LogP contribution in [0.4, 0.5) is 0 Å². The minimum absolute atomic E-state index is 0.131. The number of hydrogen-bond donors (Lipinski definition) is 2. The zero-order valence-corrected chi connectivity index (χ0v) is 20.5. The SMILES string of the molecule is CCCCCCCCCCCCCCCC(=O)N=CCOC(=O)CCC(=O)OC(CO)CO. The highest BCUT2D eigenvalue weighted by atomic mass is 16.6. The van der Waals surface area contributed by atoms with E-state index in [-0.39, 0.29) is 25.4 Å². The first kappa shape index (κ1) is 31.2. The summed E-state index contributed by atoms with van der Waals surface area (Å²) in [7, 11) is 0. The van der Waals surface area contributed by atoms with Crippen molar-refractivity contribution in [3.8, 4) is 0 Å². The second-order valence-electron chi connectivity index (χ2n) is 8.36. The van der Waals surface area contributed by atoms with Gasteiger partial charge in [0.15, 0.2) is 0 Å². The van der Waals surface area contributed by atoms with Crippen molar-refractivity contribution >= 4 is 24.1 Å². The Bertz CT molecular complexity index is 533. The number of aliphatic hydroxyl groups is 2. The fourth-order valence-electron chi connectivity index (χ4n) is 3.28. The molecule has 0 aliphatic carbocycles. The molecule has 1 amide bonds. The van der Waals surface area contributed by atoms with Crippen LogP contribution in [0.5, 0.6) is 0 Å². The number of aliphatic imine (C=N–C) groups is 1. The molecule has 0 saturated carbocycles. The van der Waals surface area contributed by atoms with Gasteiger partial charge in [0, 0.05) is 12.6 Å². The summed E-state index contributed by atoms with van der Waals surface area (Å²) in [5, 5.41) is 17.6. The summed E-state index contributed by atoms with van der Waals surface area (Å²) < 4.78 is 9.61. The Balaban J connectivity index is 3.54. The highest BCUT2D eigenvalue weighted by Crippen LogP contribution is 2.13. The molecular weight excluding hydrogens is 426 g/mol. The number of rotatable bonds is 22. The first-order valence-corrected chi connectivity index (χ1v) is 12.7. The molecule has 0 aromatic heterocycles. The summed E-state index contributed by atoms with van der Waals surface area (Å²) in [4.78, 5) is 38.5. The van der Waals surface area contributed by atoms with Crippen molar-refractivity contribution in [3.05, 3.63) is 0 Å². The van der Waals surface area contributed by atoms with E-state index >= 15 is 0 Å². The molecule has 0 aliphatic rings. The number of ether oxygens (including phenoxy) is 2. The highest BCUT2D eigenvalue weighted by molar-refractivity contribution is 5.86. The average Bonchev–Trinajstić information content (AvgIpc) is 2.81. The van der Waals surface area contributed by atoms with Gasteiger partial charge in [-0.05, 0) is 6.42 Å². The van der Waals surface area contributed by atoms with E-state index in [2.05, 4.69) is 11.9 Å². The van der Waals surface area contributed by atoms with Gasteiger partial charge in [0.1, 0.15) is 12.7 Å². The van der Waals surface area contributed by atoms with Crippen molar-refractivity contribution in [1.29, 1.82) is 0 Å². The Kier molecular flexibility index (Phi) is 22.1. The Morgan fingerprint density at radius 3 is 1.73 bits per heavy atom. The number of aliphatic hydroxyl groups excluding tert-OH is 2. The number of hydrogen-bond acceptors (Lipinski definition) is 7. The molecule has 0 saturated heterocycles. The number of carbonyl (C=O) groups excluding carboxylic acids is 3. The number of nitrogens with zero attached hydrogens (tertiary/aromatic N) is 1. The van der Waals surface area contributed by atoms with Gasteiger partial charge in [0.2, 0.25) is 5.91 Å². The Hall–Kier alpha value is -1.80. The molecule has 0 heterocycles. The van der Waals surface area contributed by atoms with E-state index in [0.717, 1.165) is 19.3 Å². The van der Waals surface area contributed by atoms with Gasteiger partial charge in [-0.3, -0.25) is 14.4 Å². The quantitative estimate of drug-likeness (QED) is 0.137. The molecule has 0 aromatic rings. The second-order valence-corrected chi connectivity index (χ2v) is 8.36. The van der Waals surface area contributed by atoms with Crippen LogP contribution < -0.4 is 0 Å². The van der Waals surface area contributed by atoms with Gasteiger partial charge in [-0.1, -0.05) is 84.0 Å². The molecule has 0 aliphatic heterocycles. The minimum atomic E-state index is -0.985. The summed E-state index contributed by atoms with van der Waals surface area (Å²) in [6.45, 7) is 1.13. The summed E-state index contributed by atoms with van der Waals surface area (Å²) in [6, 6.07) is 0. The largest absolute Gasteiger partial charge is 0.460 e. The van der Waals surface area contributed by atoms with Gasteiger partial charge >= 0.3 is 11.9 Å². The standard InChI is InChI=1S/C25H45NO7/c1-2-3-4-5-6-7-8-9-10-11-12-13-14-15-23(29)26-18-19-32-24(30)16-17-25(31)33-22(20-27)21-28/h18,22,27-28H,2-17,19-21H2,1H3. The highest BCUT2D eigenvalue weighted by Gasteiger charge is 2.14. The molecule has 0 spiro atoms. The van der Waals surface area contributed by atoms with E-state index < -0.39 is 31.3 Å². The van der Waals surface area contributed by atoms with E-state index in [0.29, 0.717) is 6.42 Å². The molecule has 2 N–H and O–H groups in total. The number of unbranched alkanes of at least 4 members (excludes halogenated alkanes) is 12. The lowest BCUT2D eigenvalue weighted by Gasteiger charge is -2.12. The van der Waals surface area contributed by atoms with Gasteiger partial charge in [-0.25, -0.2) is 4.99 Å². The van der Waals surface area contributed by atoms with Crippen LogP contribution in [0.25, 0.3) is 0 Å². The molecule has 33 heavy (non-hydrogen) atoms. The smallest absolute Gasteiger partial charge is 0.306 e. The molecule has 0 rings (SSSR count). The summed E-state index contributed by atoms with van der Waals surface area (Å²) in [5.41, 5.74) is 0. The average molecular weight is 472 g/mol. The third kappa shape index (κ3) is 21.8. The molecule has 0 atom stereocenters. The van der Waals surface area contributed by atoms with Crippen molar-refractivity contribution in [1.82, 2.24) is 0 Å². The van der Waals surface area contributed by atoms with Gasteiger partial charge < -0.3 is 19.7 Å². The van der Waals surface area contributed by atoms with Crippen LogP contribution in [0.1, 0.15) is 110 Å². The lowest BCUT2D eigenvalue weighted by Crippen LogP contribution is -2.25. The minimum Gasteiger partial charge on any atom is -0.460 e. The van der Waals surface area contributed by atoms with E-state index in [1.54, 1.807) is 0 Å². The van der Waals surface area contributed by atoms with Crippen LogP contribution in [0.15, 0.2) is 4.99 Å². The topological polar surface area (TPSA) is 122 Å². The molecular formula is C25H45NO7. The van der Waals surface area contributed by atoms with E-state index in [4.69, 9.17) is 19.7 Å². The maximum Gasteiger partial charge on any atom is 0.306 e. The van der Waals surface area contributed by atoms with Crippen molar-refractivity contribution in [2.75, 3.05) is 19.8 Å². The molecule has 0 aromatic carbocycles.